The lowest BCUT2D eigenvalue weighted by molar-refractivity contribution is 0.0486. The van der Waals surface area contributed by atoms with Crippen LogP contribution in [-0.4, -0.2) is 22.3 Å². The zero-order valence-electron chi connectivity index (χ0n) is 23.3. The Bertz CT molecular complexity index is 1030. The summed E-state index contributed by atoms with van der Waals surface area (Å²) in [6.45, 7) is 27.5. The van der Waals surface area contributed by atoms with Crippen LogP contribution in [0.4, 0.5) is 0 Å². The van der Waals surface area contributed by atoms with E-state index in [1.165, 1.54) is 22.3 Å². The van der Waals surface area contributed by atoms with E-state index in [-0.39, 0.29) is 17.5 Å². The second kappa shape index (κ2) is 10.3. The van der Waals surface area contributed by atoms with E-state index in [9.17, 15) is 14.7 Å². The second-order valence-electron chi connectivity index (χ2n) is 10.4. The summed E-state index contributed by atoms with van der Waals surface area (Å²) in [6, 6.07) is 0. The van der Waals surface area contributed by atoms with Gasteiger partial charge in [-0.05, 0) is 139 Å². The maximum atomic E-state index is 12.3. The quantitative estimate of drug-likeness (QED) is 0.497. The lowest BCUT2D eigenvalue weighted by Gasteiger charge is -2.22. The van der Waals surface area contributed by atoms with Crippen LogP contribution in [0.3, 0.4) is 0 Å². The molecule has 0 aliphatic rings. The number of carbonyl (C=O) groups excluding carboxylic acids is 2. The van der Waals surface area contributed by atoms with E-state index in [4.69, 9.17) is 0 Å². The molecule has 0 fully saturated rings. The molecule has 0 aliphatic carbocycles. The number of carbonyl (C=O) groups is 2. The Kier molecular flexibility index (Phi) is 9.02. The molecule has 3 nitrogen and oxygen atoms in total. The number of ketones is 2. The first-order valence-electron chi connectivity index (χ1n) is 11.8. The fourth-order valence-electron chi connectivity index (χ4n) is 4.30. The third kappa shape index (κ3) is 5.63. The highest BCUT2D eigenvalue weighted by Gasteiger charge is 2.29. The van der Waals surface area contributed by atoms with Gasteiger partial charge in [-0.1, -0.05) is 13.8 Å². The van der Waals surface area contributed by atoms with Gasteiger partial charge in [-0.3, -0.25) is 9.59 Å². The van der Waals surface area contributed by atoms with Gasteiger partial charge < -0.3 is 5.11 Å². The number of rotatable bonds is 4. The lowest BCUT2D eigenvalue weighted by atomic mass is 9.84. The molecule has 0 bridgehead atoms. The van der Waals surface area contributed by atoms with Crippen LogP contribution < -0.4 is 0 Å². The van der Waals surface area contributed by atoms with Crippen molar-refractivity contribution in [2.75, 3.05) is 0 Å². The van der Waals surface area contributed by atoms with Crippen molar-refractivity contribution < 1.29 is 14.7 Å². The third-order valence-corrected chi connectivity index (χ3v) is 7.55. The van der Waals surface area contributed by atoms with Crippen LogP contribution in [-0.2, 0) is 0 Å². The van der Waals surface area contributed by atoms with Crippen LogP contribution >= 0.6 is 0 Å². The van der Waals surface area contributed by atoms with Crippen molar-refractivity contribution in [1.82, 2.24) is 0 Å². The molecule has 2 aromatic carbocycles. The molecular formula is C30H44O3. The third-order valence-electron chi connectivity index (χ3n) is 7.55. The molecule has 0 saturated carbocycles. The molecule has 2 rings (SSSR count). The standard InChI is InChI=1S/C15H22O2.C15H22O/c1-8-9(2)11(4)13(12(5)10(8)3)14(16)15(6,7)17;1-8(2)15(16)14-12(6)10(4)9(3)11(5)13(14)7/h17H,1-7H3;8H,1-7H3. The Hall–Kier alpha value is -2.26. The summed E-state index contributed by atoms with van der Waals surface area (Å²) in [5.74, 6) is 0.138. The molecule has 0 aliphatic heterocycles. The number of hydrogen-bond acceptors (Lipinski definition) is 3. The first kappa shape index (κ1) is 28.8. The van der Waals surface area contributed by atoms with E-state index in [1.807, 2.05) is 41.5 Å². The molecule has 0 heterocycles. The Morgan fingerprint density at radius 2 is 0.788 bits per heavy atom. The molecule has 0 unspecified atom stereocenters. The Morgan fingerprint density at radius 1 is 0.545 bits per heavy atom. The zero-order chi connectivity index (χ0) is 26.2. The van der Waals surface area contributed by atoms with Crippen LogP contribution in [0.15, 0.2) is 0 Å². The van der Waals surface area contributed by atoms with Gasteiger partial charge in [0.05, 0.1) is 0 Å². The smallest absolute Gasteiger partial charge is 0.194 e. The minimum Gasteiger partial charge on any atom is -0.382 e. The van der Waals surface area contributed by atoms with Crippen LogP contribution in [0.1, 0.15) is 104 Å². The van der Waals surface area contributed by atoms with Crippen molar-refractivity contribution in [2.24, 2.45) is 5.92 Å². The molecule has 0 saturated heterocycles. The van der Waals surface area contributed by atoms with Gasteiger partial charge in [-0.25, -0.2) is 0 Å². The van der Waals surface area contributed by atoms with Crippen LogP contribution in [0.25, 0.3) is 0 Å². The zero-order valence-corrected chi connectivity index (χ0v) is 23.3. The minimum atomic E-state index is -1.32. The van der Waals surface area contributed by atoms with Crippen LogP contribution in [0.2, 0.25) is 0 Å². The Balaban J connectivity index is 0.000000331. The molecule has 0 spiro atoms. The largest absolute Gasteiger partial charge is 0.382 e. The van der Waals surface area contributed by atoms with Gasteiger partial charge >= 0.3 is 0 Å². The number of Topliss-reactive ketones (excluding diaryl/α,β-unsaturated/α-hetero) is 2. The SMILES string of the molecule is Cc1c(C)c(C)c(C(=O)C(C)(C)O)c(C)c1C.Cc1c(C)c(C)c(C(=O)C(C)C)c(C)c1C. The summed E-state index contributed by atoms with van der Waals surface area (Å²) in [7, 11) is 0. The van der Waals surface area contributed by atoms with E-state index in [1.54, 1.807) is 13.8 Å². The summed E-state index contributed by atoms with van der Waals surface area (Å²) in [6.07, 6.45) is 0. The van der Waals surface area contributed by atoms with E-state index in [0.717, 1.165) is 38.9 Å². The fraction of sp³-hybridized carbons (Fsp3) is 0.533. The summed E-state index contributed by atoms with van der Waals surface area (Å²) < 4.78 is 0. The predicted molar refractivity (Wildman–Crippen MR) is 140 cm³/mol. The monoisotopic (exact) mass is 452 g/mol. The molecule has 0 atom stereocenters. The number of benzene rings is 2. The van der Waals surface area contributed by atoms with E-state index < -0.39 is 5.60 Å². The molecule has 0 radical (unpaired) electrons. The molecule has 0 aromatic heterocycles. The van der Waals surface area contributed by atoms with Crippen LogP contribution in [0.5, 0.6) is 0 Å². The molecule has 3 heteroatoms. The molecular weight excluding hydrogens is 408 g/mol. The fourth-order valence-corrected chi connectivity index (χ4v) is 4.30. The Labute approximate surface area is 201 Å². The minimum absolute atomic E-state index is 0.0684. The lowest BCUT2D eigenvalue weighted by Crippen LogP contribution is -2.32. The first-order valence-corrected chi connectivity index (χ1v) is 11.8. The number of hydrogen-bond donors (Lipinski definition) is 1. The van der Waals surface area contributed by atoms with Crippen molar-refractivity contribution >= 4 is 11.6 Å². The van der Waals surface area contributed by atoms with E-state index in [2.05, 4.69) is 41.5 Å². The topological polar surface area (TPSA) is 54.4 Å². The van der Waals surface area contributed by atoms with Gasteiger partial charge in [-0.15, -0.1) is 0 Å². The highest BCUT2D eigenvalue weighted by Crippen LogP contribution is 2.29. The summed E-state index contributed by atoms with van der Waals surface area (Å²) >= 11 is 0. The van der Waals surface area contributed by atoms with Gasteiger partial charge in [0.2, 0.25) is 0 Å². The van der Waals surface area contributed by atoms with Crippen molar-refractivity contribution in [3.8, 4) is 0 Å². The summed E-state index contributed by atoms with van der Waals surface area (Å²) in [5, 5.41) is 9.89. The first-order chi connectivity index (χ1) is 14.9. The van der Waals surface area contributed by atoms with Crippen molar-refractivity contribution in [2.45, 2.75) is 103 Å². The normalized spacial score (nSPS) is 11.4. The molecule has 1 N–H and O–H groups in total. The molecule has 2 aromatic rings. The van der Waals surface area contributed by atoms with Gasteiger partial charge in [0.25, 0.3) is 0 Å². The Morgan fingerprint density at radius 3 is 1.03 bits per heavy atom. The maximum Gasteiger partial charge on any atom is 0.194 e. The number of aliphatic hydroxyl groups is 1. The summed E-state index contributed by atoms with van der Waals surface area (Å²) in [4.78, 5) is 24.5. The second-order valence-corrected chi connectivity index (χ2v) is 10.4. The average molecular weight is 453 g/mol. The highest BCUT2D eigenvalue weighted by molar-refractivity contribution is 6.04. The molecule has 182 valence electrons. The maximum absolute atomic E-state index is 12.3. The van der Waals surface area contributed by atoms with Crippen molar-refractivity contribution in [3.05, 3.63) is 66.8 Å². The molecule has 33 heavy (non-hydrogen) atoms. The van der Waals surface area contributed by atoms with Crippen LogP contribution in [0, 0.1) is 75.2 Å². The van der Waals surface area contributed by atoms with Gasteiger partial charge in [0.1, 0.15) is 5.60 Å². The van der Waals surface area contributed by atoms with Gasteiger partial charge in [0.15, 0.2) is 11.6 Å². The van der Waals surface area contributed by atoms with Gasteiger partial charge in [0, 0.05) is 17.0 Å². The molecule has 0 amide bonds. The predicted octanol–water partition coefficient (Wildman–Crippen LogP) is 7.25. The van der Waals surface area contributed by atoms with E-state index in [0.29, 0.717) is 5.56 Å². The highest BCUT2D eigenvalue weighted by atomic mass is 16.3. The van der Waals surface area contributed by atoms with E-state index >= 15 is 0 Å². The average Bonchev–Trinajstić information content (AvgIpc) is 2.73. The summed E-state index contributed by atoms with van der Waals surface area (Å²) in [5.41, 5.74) is 11.9. The van der Waals surface area contributed by atoms with Crippen molar-refractivity contribution in [1.29, 1.82) is 0 Å². The van der Waals surface area contributed by atoms with Gasteiger partial charge in [-0.2, -0.15) is 0 Å². The van der Waals surface area contributed by atoms with Crippen molar-refractivity contribution in [3.63, 3.8) is 0 Å².